The minimum atomic E-state index is -0.790. The van der Waals surface area contributed by atoms with E-state index < -0.39 is 36.2 Å². The SMILES string of the molecule is CCCC(C)OC(=O)OC(C)CN[C@@H](Cc1ccc(OC(=O)C(C)CCC)c(OC(=O)C(C)CCC)c1)C(=O)OC. The summed E-state index contributed by atoms with van der Waals surface area (Å²) in [5, 5.41) is 3.07. The fraction of sp³-hybridized carbons (Fsp3) is 0.677. The van der Waals surface area contributed by atoms with Crippen molar-refractivity contribution in [3.63, 3.8) is 0 Å². The third-order valence-electron chi connectivity index (χ3n) is 6.54. The maximum atomic E-state index is 12.7. The standard InChI is InChI=1S/C31H49NO9/c1-9-12-20(4)28(33)40-26-16-15-24(18-27(26)41-29(34)21(5)13-10-2)17-25(30(35)37-8)32-19-23(7)39-31(36)38-22(6)14-11-3/h15-16,18,20-23,25,32H,9-14,17,19H2,1-8H3/t20?,21?,22?,23?,25-/m0/s1. The highest BCUT2D eigenvalue weighted by Gasteiger charge is 2.25. The van der Waals surface area contributed by atoms with E-state index >= 15 is 0 Å². The van der Waals surface area contributed by atoms with Crippen molar-refractivity contribution in [3.05, 3.63) is 23.8 Å². The number of methoxy groups -OCH3 is 1. The van der Waals surface area contributed by atoms with Crippen molar-refractivity contribution in [2.24, 2.45) is 11.8 Å². The number of hydrogen-bond donors (Lipinski definition) is 1. The van der Waals surface area contributed by atoms with E-state index in [0.717, 1.165) is 25.7 Å². The molecule has 0 saturated heterocycles. The quantitative estimate of drug-likeness (QED) is 0.169. The first-order chi connectivity index (χ1) is 19.4. The molecule has 0 aliphatic carbocycles. The van der Waals surface area contributed by atoms with Gasteiger partial charge >= 0.3 is 24.1 Å². The van der Waals surface area contributed by atoms with Crippen LogP contribution in [0.15, 0.2) is 18.2 Å². The molecule has 0 amide bonds. The Bertz CT molecular complexity index is 980. The van der Waals surface area contributed by atoms with Crippen molar-refractivity contribution < 1.29 is 42.9 Å². The van der Waals surface area contributed by atoms with Gasteiger partial charge in [-0.3, -0.25) is 14.4 Å². The lowest BCUT2D eigenvalue weighted by molar-refractivity contribution is -0.143. The van der Waals surface area contributed by atoms with E-state index in [1.807, 2.05) is 20.8 Å². The van der Waals surface area contributed by atoms with Crippen LogP contribution in [0.4, 0.5) is 4.79 Å². The molecule has 0 radical (unpaired) electrons. The second-order valence-electron chi connectivity index (χ2n) is 10.6. The Balaban J connectivity index is 3.07. The summed E-state index contributed by atoms with van der Waals surface area (Å²) in [6, 6.07) is 4.06. The molecule has 10 heteroatoms. The third kappa shape index (κ3) is 13.4. The second kappa shape index (κ2) is 19.1. The van der Waals surface area contributed by atoms with Crippen molar-refractivity contribution in [1.82, 2.24) is 5.32 Å². The van der Waals surface area contributed by atoms with E-state index in [1.165, 1.54) is 7.11 Å². The number of carbonyl (C=O) groups is 4. The lowest BCUT2D eigenvalue weighted by atomic mass is 10.0. The van der Waals surface area contributed by atoms with Gasteiger partial charge in [0.1, 0.15) is 18.2 Å². The molecule has 5 atom stereocenters. The van der Waals surface area contributed by atoms with Crippen LogP contribution < -0.4 is 14.8 Å². The highest BCUT2D eigenvalue weighted by Crippen LogP contribution is 2.31. The first-order valence-electron chi connectivity index (χ1n) is 14.7. The first-order valence-corrected chi connectivity index (χ1v) is 14.7. The van der Waals surface area contributed by atoms with Crippen LogP contribution in [0.3, 0.4) is 0 Å². The molecule has 0 spiro atoms. The van der Waals surface area contributed by atoms with Gasteiger partial charge in [-0.1, -0.05) is 59.9 Å². The summed E-state index contributed by atoms with van der Waals surface area (Å²) in [4.78, 5) is 49.9. The monoisotopic (exact) mass is 579 g/mol. The Morgan fingerprint density at radius 2 is 1.27 bits per heavy atom. The van der Waals surface area contributed by atoms with Crippen molar-refractivity contribution in [2.45, 2.75) is 112 Å². The number of ether oxygens (including phenoxy) is 5. The minimum Gasteiger partial charge on any atom is -0.468 e. The van der Waals surface area contributed by atoms with Crippen LogP contribution in [0, 0.1) is 11.8 Å². The molecule has 0 aliphatic rings. The lowest BCUT2D eigenvalue weighted by Crippen LogP contribution is -2.43. The highest BCUT2D eigenvalue weighted by atomic mass is 16.7. The zero-order valence-electron chi connectivity index (χ0n) is 25.9. The number of hydrogen-bond acceptors (Lipinski definition) is 10. The van der Waals surface area contributed by atoms with Crippen LogP contribution in [-0.4, -0.2) is 56.0 Å². The average molecular weight is 580 g/mol. The van der Waals surface area contributed by atoms with Gasteiger partial charge in [0.25, 0.3) is 0 Å². The summed E-state index contributed by atoms with van der Waals surface area (Å²) in [6.07, 6.45) is 3.16. The Morgan fingerprint density at radius 1 is 0.732 bits per heavy atom. The molecule has 0 aliphatic heterocycles. The van der Waals surface area contributed by atoms with Crippen LogP contribution in [0.5, 0.6) is 11.5 Å². The normalized spacial score (nSPS) is 14.6. The summed E-state index contributed by atoms with van der Waals surface area (Å²) in [6.45, 7) is 13.2. The van der Waals surface area contributed by atoms with Crippen molar-refractivity contribution >= 4 is 24.1 Å². The summed E-state index contributed by atoms with van der Waals surface area (Å²) in [7, 11) is 1.28. The summed E-state index contributed by atoms with van der Waals surface area (Å²) in [5.41, 5.74) is 0.640. The molecule has 1 aromatic carbocycles. The molecule has 0 fully saturated rings. The Hall–Kier alpha value is -3.14. The Kier molecular flexibility index (Phi) is 16.7. The summed E-state index contributed by atoms with van der Waals surface area (Å²) >= 11 is 0. The van der Waals surface area contributed by atoms with Crippen LogP contribution in [0.25, 0.3) is 0 Å². The topological polar surface area (TPSA) is 126 Å². The van der Waals surface area contributed by atoms with Crippen molar-refractivity contribution in [2.75, 3.05) is 13.7 Å². The van der Waals surface area contributed by atoms with Gasteiger partial charge in [-0.05, 0) is 57.2 Å². The van der Waals surface area contributed by atoms with E-state index in [1.54, 1.807) is 45.9 Å². The average Bonchev–Trinajstić information content (AvgIpc) is 2.91. The molecular weight excluding hydrogens is 530 g/mol. The molecule has 0 bridgehead atoms. The van der Waals surface area contributed by atoms with Crippen molar-refractivity contribution in [1.29, 1.82) is 0 Å². The van der Waals surface area contributed by atoms with Gasteiger partial charge in [-0.2, -0.15) is 0 Å². The van der Waals surface area contributed by atoms with Crippen LogP contribution in [-0.2, 0) is 35.0 Å². The van der Waals surface area contributed by atoms with Crippen molar-refractivity contribution in [3.8, 4) is 11.5 Å². The number of carbonyl (C=O) groups excluding carboxylic acids is 4. The van der Waals surface area contributed by atoms with Gasteiger partial charge in [0.05, 0.1) is 18.9 Å². The molecule has 0 aromatic heterocycles. The highest BCUT2D eigenvalue weighted by molar-refractivity contribution is 5.79. The zero-order valence-corrected chi connectivity index (χ0v) is 25.9. The minimum absolute atomic E-state index is 0.108. The van der Waals surface area contributed by atoms with E-state index in [-0.39, 0.29) is 42.4 Å². The molecule has 0 heterocycles. The number of nitrogens with one attached hydrogen (secondary N) is 1. The largest absolute Gasteiger partial charge is 0.508 e. The van der Waals surface area contributed by atoms with E-state index in [0.29, 0.717) is 18.4 Å². The molecular formula is C31H49NO9. The summed E-state index contributed by atoms with van der Waals surface area (Å²) in [5.74, 6) is -1.77. The molecule has 232 valence electrons. The Labute approximate surface area is 244 Å². The number of rotatable bonds is 18. The lowest BCUT2D eigenvalue weighted by Gasteiger charge is -2.21. The smallest absolute Gasteiger partial charge is 0.468 e. The van der Waals surface area contributed by atoms with Crippen LogP contribution in [0.2, 0.25) is 0 Å². The Morgan fingerprint density at radius 3 is 1.80 bits per heavy atom. The third-order valence-corrected chi connectivity index (χ3v) is 6.54. The van der Waals surface area contributed by atoms with Gasteiger partial charge in [0.2, 0.25) is 0 Å². The predicted octanol–water partition coefficient (Wildman–Crippen LogP) is 5.77. The maximum absolute atomic E-state index is 12.7. The molecule has 1 rings (SSSR count). The molecule has 1 aromatic rings. The first kappa shape index (κ1) is 35.9. The van der Waals surface area contributed by atoms with E-state index in [9.17, 15) is 19.2 Å². The zero-order chi connectivity index (χ0) is 30.9. The van der Waals surface area contributed by atoms with Gasteiger partial charge in [-0.15, -0.1) is 0 Å². The predicted molar refractivity (Wildman–Crippen MR) is 155 cm³/mol. The van der Waals surface area contributed by atoms with Gasteiger partial charge in [0.15, 0.2) is 11.5 Å². The second-order valence-corrected chi connectivity index (χ2v) is 10.6. The van der Waals surface area contributed by atoms with Gasteiger partial charge in [-0.25, -0.2) is 4.79 Å². The number of benzene rings is 1. The van der Waals surface area contributed by atoms with Gasteiger partial charge < -0.3 is 29.0 Å². The fourth-order valence-electron chi connectivity index (χ4n) is 4.15. The molecule has 10 nitrogen and oxygen atoms in total. The van der Waals surface area contributed by atoms with E-state index in [2.05, 4.69) is 5.32 Å². The maximum Gasteiger partial charge on any atom is 0.508 e. The molecule has 4 unspecified atom stereocenters. The summed E-state index contributed by atoms with van der Waals surface area (Å²) < 4.78 is 26.8. The van der Waals surface area contributed by atoms with Crippen LogP contribution in [0.1, 0.15) is 92.6 Å². The molecule has 0 saturated carbocycles. The van der Waals surface area contributed by atoms with Crippen LogP contribution >= 0.6 is 0 Å². The number of esters is 3. The van der Waals surface area contributed by atoms with Gasteiger partial charge in [0, 0.05) is 6.54 Å². The molecule has 1 N–H and O–H groups in total. The van der Waals surface area contributed by atoms with E-state index in [4.69, 9.17) is 23.7 Å². The fourth-order valence-corrected chi connectivity index (χ4v) is 4.15. The molecule has 41 heavy (non-hydrogen) atoms.